The quantitative estimate of drug-likeness (QED) is 0.339. The van der Waals surface area contributed by atoms with Gasteiger partial charge in [0.25, 0.3) is 5.91 Å². The van der Waals surface area contributed by atoms with Crippen LogP contribution in [0.1, 0.15) is 47.3 Å². The second-order valence-electron chi connectivity index (χ2n) is 8.94. The van der Waals surface area contributed by atoms with Crippen LogP contribution in [-0.2, 0) is 6.42 Å². The second kappa shape index (κ2) is 7.88. The minimum atomic E-state index is -0.166. The summed E-state index contributed by atoms with van der Waals surface area (Å²) in [5.74, 6) is 0.473. The Bertz CT molecular complexity index is 1340. The molecule has 3 heterocycles. The van der Waals surface area contributed by atoms with Gasteiger partial charge in [0.15, 0.2) is 0 Å². The van der Waals surface area contributed by atoms with Crippen LogP contribution in [0.25, 0.3) is 22.2 Å². The third-order valence-electron chi connectivity index (χ3n) is 6.65. The molecular formula is C25H25N7O. The van der Waals surface area contributed by atoms with Gasteiger partial charge in [-0.05, 0) is 49.4 Å². The number of amides is 1. The zero-order valence-electron chi connectivity index (χ0n) is 18.1. The van der Waals surface area contributed by atoms with Crippen LogP contribution >= 0.6 is 0 Å². The number of pyridine rings is 1. The molecule has 0 saturated heterocycles. The minimum Gasteiger partial charge on any atom is -0.397 e. The number of aromatic nitrogens is 4. The minimum absolute atomic E-state index is 0.0805. The van der Waals surface area contributed by atoms with Crippen LogP contribution in [-0.4, -0.2) is 37.9 Å². The Morgan fingerprint density at radius 1 is 1.06 bits per heavy atom. The van der Waals surface area contributed by atoms with Crippen molar-refractivity contribution in [3.63, 3.8) is 0 Å². The van der Waals surface area contributed by atoms with Gasteiger partial charge in [0, 0.05) is 52.9 Å². The van der Waals surface area contributed by atoms with E-state index in [4.69, 9.17) is 10.7 Å². The lowest BCUT2D eigenvalue weighted by atomic mass is 9.90. The van der Waals surface area contributed by atoms with Gasteiger partial charge in [-0.1, -0.05) is 12.1 Å². The molecule has 1 fully saturated rings. The number of benzene rings is 1. The molecule has 2 aliphatic rings. The van der Waals surface area contributed by atoms with Crippen molar-refractivity contribution in [1.29, 1.82) is 0 Å². The first-order chi connectivity index (χ1) is 16.1. The van der Waals surface area contributed by atoms with Crippen molar-refractivity contribution in [2.75, 3.05) is 11.1 Å². The lowest BCUT2D eigenvalue weighted by molar-refractivity contribution is 0.0921. The Balaban J connectivity index is 1.17. The maximum atomic E-state index is 12.6. The van der Waals surface area contributed by atoms with Gasteiger partial charge in [-0.15, -0.1) is 0 Å². The number of anilines is 2. The van der Waals surface area contributed by atoms with Gasteiger partial charge in [-0.25, -0.2) is 15.0 Å². The van der Waals surface area contributed by atoms with Crippen molar-refractivity contribution < 1.29 is 4.79 Å². The Morgan fingerprint density at radius 3 is 2.85 bits per heavy atom. The number of nitrogens with zero attached hydrogens (tertiary/aromatic N) is 3. The summed E-state index contributed by atoms with van der Waals surface area (Å²) in [7, 11) is 0. The molecule has 5 N–H and O–H groups in total. The predicted molar refractivity (Wildman–Crippen MR) is 128 cm³/mol. The van der Waals surface area contributed by atoms with Gasteiger partial charge in [0.2, 0.25) is 5.95 Å². The third-order valence-corrected chi connectivity index (χ3v) is 6.65. The number of nitrogens with two attached hydrogens (primary N) is 1. The van der Waals surface area contributed by atoms with E-state index in [1.165, 1.54) is 17.1 Å². The molecule has 0 aliphatic heterocycles. The van der Waals surface area contributed by atoms with Crippen LogP contribution < -0.4 is 16.4 Å². The summed E-state index contributed by atoms with van der Waals surface area (Å²) in [4.78, 5) is 29.5. The molecule has 0 unspecified atom stereocenters. The fourth-order valence-corrected chi connectivity index (χ4v) is 5.07. The lowest BCUT2D eigenvalue weighted by Crippen LogP contribution is -2.42. The van der Waals surface area contributed by atoms with Crippen molar-refractivity contribution in [1.82, 2.24) is 25.3 Å². The number of H-pyrrole nitrogens is 1. The van der Waals surface area contributed by atoms with Crippen LogP contribution in [0.2, 0.25) is 0 Å². The third kappa shape index (κ3) is 3.67. The molecule has 4 aromatic rings. The van der Waals surface area contributed by atoms with E-state index >= 15 is 0 Å². The first-order valence-corrected chi connectivity index (χ1v) is 11.4. The number of hydrogen-bond donors (Lipinski definition) is 4. The number of carbonyl (C=O) groups excluding carboxylic acids is 1. The summed E-state index contributed by atoms with van der Waals surface area (Å²) in [5.41, 5.74) is 12.3. The van der Waals surface area contributed by atoms with Crippen molar-refractivity contribution >= 4 is 28.4 Å². The summed E-state index contributed by atoms with van der Waals surface area (Å²) in [6.07, 6.45) is 10.1. The van der Waals surface area contributed by atoms with Gasteiger partial charge in [0.1, 0.15) is 5.69 Å². The molecule has 0 bridgehead atoms. The average Bonchev–Trinajstić information content (AvgIpc) is 3.26. The second-order valence-corrected chi connectivity index (χ2v) is 8.94. The zero-order chi connectivity index (χ0) is 22.4. The highest BCUT2D eigenvalue weighted by Crippen LogP contribution is 2.38. The fourth-order valence-electron chi connectivity index (χ4n) is 5.07. The molecule has 3 aromatic heterocycles. The largest absolute Gasteiger partial charge is 0.397 e. The van der Waals surface area contributed by atoms with E-state index in [0.717, 1.165) is 54.4 Å². The molecule has 0 spiro atoms. The molecular weight excluding hydrogens is 414 g/mol. The highest BCUT2D eigenvalue weighted by molar-refractivity contribution is 6.00. The normalized spacial score (nSPS) is 19.2. The first kappa shape index (κ1) is 19.7. The Morgan fingerprint density at radius 2 is 1.97 bits per heavy atom. The number of aromatic amines is 1. The van der Waals surface area contributed by atoms with Gasteiger partial charge in [-0.3, -0.25) is 4.79 Å². The van der Waals surface area contributed by atoms with Crippen LogP contribution in [0.5, 0.6) is 0 Å². The van der Waals surface area contributed by atoms with E-state index < -0.39 is 0 Å². The molecule has 0 radical (unpaired) electrons. The van der Waals surface area contributed by atoms with E-state index in [-0.39, 0.29) is 18.0 Å². The molecule has 2 aliphatic carbocycles. The molecule has 2 atom stereocenters. The number of carbonyl (C=O) groups is 1. The fraction of sp³-hybridized carbons (Fsp3) is 0.280. The number of hydrogen-bond acceptors (Lipinski definition) is 6. The summed E-state index contributed by atoms with van der Waals surface area (Å²) >= 11 is 0. The van der Waals surface area contributed by atoms with E-state index in [9.17, 15) is 4.79 Å². The molecule has 8 nitrogen and oxygen atoms in total. The Hall–Kier alpha value is -3.94. The molecule has 33 heavy (non-hydrogen) atoms. The molecule has 1 saturated carbocycles. The van der Waals surface area contributed by atoms with Gasteiger partial charge in [0.05, 0.1) is 17.6 Å². The van der Waals surface area contributed by atoms with Gasteiger partial charge in [-0.2, -0.15) is 0 Å². The van der Waals surface area contributed by atoms with Crippen LogP contribution in [0, 0.1) is 0 Å². The number of rotatable bonds is 4. The molecule has 1 amide bonds. The molecule has 166 valence electrons. The van der Waals surface area contributed by atoms with Crippen LogP contribution in [0.15, 0.2) is 48.9 Å². The average molecular weight is 440 g/mol. The Labute approximate surface area is 191 Å². The maximum absolute atomic E-state index is 12.6. The predicted octanol–water partition coefficient (Wildman–Crippen LogP) is 3.66. The number of nitrogen functional groups attached to an aromatic ring is 1. The summed E-state index contributed by atoms with van der Waals surface area (Å²) in [6.45, 7) is 0. The van der Waals surface area contributed by atoms with Crippen molar-refractivity contribution in [3.8, 4) is 11.3 Å². The molecule has 8 heteroatoms. The first-order valence-electron chi connectivity index (χ1n) is 11.4. The summed E-state index contributed by atoms with van der Waals surface area (Å²) in [5, 5.41) is 7.88. The summed E-state index contributed by atoms with van der Waals surface area (Å²) < 4.78 is 0. The monoisotopic (exact) mass is 439 g/mol. The van der Waals surface area contributed by atoms with Gasteiger partial charge < -0.3 is 21.4 Å². The van der Waals surface area contributed by atoms with Crippen LogP contribution in [0.4, 0.5) is 11.6 Å². The number of nitrogens with one attached hydrogen (secondary N) is 3. The van der Waals surface area contributed by atoms with Gasteiger partial charge >= 0.3 is 0 Å². The van der Waals surface area contributed by atoms with E-state index in [1.54, 1.807) is 12.1 Å². The Kier molecular flexibility index (Phi) is 4.71. The van der Waals surface area contributed by atoms with Crippen LogP contribution in [0.3, 0.4) is 0 Å². The van der Waals surface area contributed by atoms with E-state index in [0.29, 0.717) is 17.3 Å². The van der Waals surface area contributed by atoms with Crippen molar-refractivity contribution in [2.24, 2.45) is 0 Å². The zero-order valence-corrected chi connectivity index (χ0v) is 18.1. The summed E-state index contributed by atoms with van der Waals surface area (Å²) in [6, 6.07) is 9.98. The highest BCUT2D eigenvalue weighted by atomic mass is 16.1. The number of fused-ring (bicyclic) bond motifs is 2. The maximum Gasteiger partial charge on any atom is 0.270 e. The lowest BCUT2D eigenvalue weighted by Gasteiger charge is -2.30. The molecule has 1 aromatic carbocycles. The standard InChI is InChI=1S/C25H25N7O/c26-16-7-8-21(27-12-16)24(33)30-17-4-2-5-18(10-17)31-25-29-11-15-9-14-3-1-6-20-22(14)19(13-28-20)23(15)32-25/h1,3,6-8,11-13,17-18,28H,2,4-5,9-10,26H2,(H,30,33)(H,29,31,32)/t17-,18+/m0/s1. The SMILES string of the molecule is Nc1ccc(C(=O)N[C@H]2CCC[C@@H](Nc3ncc4c(n3)-c3c[nH]c5cccc(c35)C4)C2)nc1. The topological polar surface area (TPSA) is 122 Å². The van der Waals surface area contributed by atoms with E-state index in [1.807, 2.05) is 12.4 Å². The van der Waals surface area contributed by atoms with E-state index in [2.05, 4.69) is 43.8 Å². The van der Waals surface area contributed by atoms with Crippen molar-refractivity contribution in [2.45, 2.75) is 44.2 Å². The molecule has 6 rings (SSSR count). The smallest absolute Gasteiger partial charge is 0.270 e. The van der Waals surface area contributed by atoms with Crippen molar-refractivity contribution in [3.05, 3.63) is 65.7 Å². The highest BCUT2D eigenvalue weighted by Gasteiger charge is 2.26.